The van der Waals surface area contributed by atoms with Gasteiger partial charge in [-0.15, -0.1) is 0 Å². The summed E-state index contributed by atoms with van der Waals surface area (Å²) in [4.78, 5) is 11.4. The summed E-state index contributed by atoms with van der Waals surface area (Å²) in [5.41, 5.74) is 0. The fourth-order valence-corrected chi connectivity index (χ4v) is 1.28. The molecule has 0 aliphatic carbocycles. The zero-order valence-electron chi connectivity index (χ0n) is 9.82. The van der Waals surface area contributed by atoms with Crippen LogP contribution in [0.25, 0.3) is 6.08 Å². The smallest absolute Gasteiger partial charge is 0.244 e. The number of furan rings is 1. The predicted octanol–water partition coefficient (Wildman–Crippen LogP) is 1.75. The van der Waals surface area contributed by atoms with Crippen molar-refractivity contribution < 1.29 is 13.9 Å². The first-order chi connectivity index (χ1) is 7.61. The van der Waals surface area contributed by atoms with E-state index in [1.54, 1.807) is 13.2 Å². The number of amides is 1. The quantitative estimate of drug-likeness (QED) is 0.774. The second kappa shape index (κ2) is 6.12. The van der Waals surface area contributed by atoms with Crippen LogP contribution in [0.1, 0.15) is 18.4 Å². The summed E-state index contributed by atoms with van der Waals surface area (Å²) in [5.74, 6) is 1.35. The summed E-state index contributed by atoms with van der Waals surface area (Å²) in [5, 5.41) is 2.77. The first kappa shape index (κ1) is 12.5. The standard InChI is InChI=1S/C12H17NO3/c1-9(8-15-3)13-12(14)7-6-11-5-4-10(2)16-11/h4-7,9H,8H2,1-3H3,(H,13,14)/b7-6+/t9-/m1/s1. The Bertz CT molecular complexity index is 368. The highest BCUT2D eigenvalue weighted by molar-refractivity contribution is 5.91. The second-order valence-corrected chi connectivity index (χ2v) is 3.65. The molecule has 0 unspecified atom stereocenters. The van der Waals surface area contributed by atoms with E-state index in [4.69, 9.17) is 9.15 Å². The molecule has 0 bridgehead atoms. The Morgan fingerprint density at radius 2 is 2.38 bits per heavy atom. The number of ether oxygens (including phenoxy) is 1. The third kappa shape index (κ3) is 4.31. The highest BCUT2D eigenvalue weighted by Crippen LogP contribution is 2.07. The van der Waals surface area contributed by atoms with Gasteiger partial charge in [-0.2, -0.15) is 0 Å². The normalized spacial score (nSPS) is 12.9. The van der Waals surface area contributed by atoms with Crippen LogP contribution in [0.15, 0.2) is 22.6 Å². The van der Waals surface area contributed by atoms with Crippen molar-refractivity contribution in [2.24, 2.45) is 0 Å². The minimum Gasteiger partial charge on any atom is -0.462 e. The number of hydrogen-bond donors (Lipinski definition) is 1. The third-order valence-corrected chi connectivity index (χ3v) is 1.97. The van der Waals surface area contributed by atoms with Crippen LogP contribution in [-0.2, 0) is 9.53 Å². The Morgan fingerprint density at radius 1 is 1.62 bits per heavy atom. The van der Waals surface area contributed by atoms with E-state index in [2.05, 4.69) is 5.32 Å². The zero-order valence-corrected chi connectivity index (χ0v) is 9.82. The molecule has 0 saturated heterocycles. The van der Waals surface area contributed by atoms with E-state index in [0.29, 0.717) is 12.4 Å². The molecular formula is C12H17NO3. The molecule has 0 aliphatic heterocycles. The van der Waals surface area contributed by atoms with Gasteiger partial charge in [-0.3, -0.25) is 4.79 Å². The molecule has 1 N–H and O–H groups in total. The van der Waals surface area contributed by atoms with Crippen molar-refractivity contribution in [3.05, 3.63) is 29.7 Å². The van der Waals surface area contributed by atoms with Gasteiger partial charge in [0.25, 0.3) is 0 Å². The molecule has 0 spiro atoms. The molecule has 4 nitrogen and oxygen atoms in total. The van der Waals surface area contributed by atoms with E-state index >= 15 is 0 Å². The molecule has 0 aliphatic rings. The van der Waals surface area contributed by atoms with Crippen LogP contribution in [0.2, 0.25) is 0 Å². The fraction of sp³-hybridized carbons (Fsp3) is 0.417. The van der Waals surface area contributed by atoms with Crippen LogP contribution in [0.4, 0.5) is 0 Å². The van der Waals surface area contributed by atoms with Crippen molar-refractivity contribution in [3.8, 4) is 0 Å². The number of carbonyl (C=O) groups is 1. The number of carbonyl (C=O) groups excluding carboxylic acids is 1. The molecule has 0 fully saturated rings. The molecule has 88 valence electrons. The molecule has 1 heterocycles. The monoisotopic (exact) mass is 223 g/mol. The van der Waals surface area contributed by atoms with Crippen molar-refractivity contribution in [2.75, 3.05) is 13.7 Å². The molecule has 1 aromatic rings. The van der Waals surface area contributed by atoms with Gasteiger partial charge in [0.15, 0.2) is 0 Å². The molecule has 1 amide bonds. The molecule has 4 heteroatoms. The summed E-state index contributed by atoms with van der Waals surface area (Å²) >= 11 is 0. The van der Waals surface area contributed by atoms with Crippen molar-refractivity contribution in [1.82, 2.24) is 5.32 Å². The Morgan fingerprint density at radius 3 is 2.94 bits per heavy atom. The molecule has 0 saturated carbocycles. The first-order valence-corrected chi connectivity index (χ1v) is 5.15. The van der Waals surface area contributed by atoms with Crippen molar-refractivity contribution in [3.63, 3.8) is 0 Å². The van der Waals surface area contributed by atoms with Gasteiger partial charge in [0.05, 0.1) is 6.61 Å². The average molecular weight is 223 g/mol. The molecule has 1 aromatic heterocycles. The van der Waals surface area contributed by atoms with Crippen molar-refractivity contribution >= 4 is 12.0 Å². The lowest BCUT2D eigenvalue weighted by Crippen LogP contribution is -2.34. The average Bonchev–Trinajstić information content (AvgIpc) is 2.61. The first-order valence-electron chi connectivity index (χ1n) is 5.15. The van der Waals surface area contributed by atoms with Crippen LogP contribution < -0.4 is 5.32 Å². The lowest BCUT2D eigenvalue weighted by Gasteiger charge is -2.10. The van der Waals surface area contributed by atoms with E-state index in [9.17, 15) is 4.79 Å². The molecular weight excluding hydrogens is 206 g/mol. The fourth-order valence-electron chi connectivity index (χ4n) is 1.28. The number of methoxy groups -OCH3 is 1. The Kier molecular flexibility index (Phi) is 4.79. The Hall–Kier alpha value is -1.55. The number of aryl methyl sites for hydroxylation is 1. The maximum absolute atomic E-state index is 11.4. The summed E-state index contributed by atoms with van der Waals surface area (Å²) in [7, 11) is 1.60. The van der Waals surface area contributed by atoms with Gasteiger partial charge in [-0.1, -0.05) is 0 Å². The van der Waals surface area contributed by atoms with Crippen LogP contribution in [0.3, 0.4) is 0 Å². The van der Waals surface area contributed by atoms with E-state index in [1.807, 2.05) is 26.0 Å². The van der Waals surface area contributed by atoms with E-state index in [1.165, 1.54) is 6.08 Å². The summed E-state index contributed by atoms with van der Waals surface area (Å²) < 4.78 is 10.2. The van der Waals surface area contributed by atoms with E-state index in [-0.39, 0.29) is 11.9 Å². The highest BCUT2D eigenvalue weighted by atomic mass is 16.5. The molecule has 1 rings (SSSR count). The summed E-state index contributed by atoms with van der Waals surface area (Å²) in [6.07, 6.45) is 3.09. The van der Waals surface area contributed by atoms with Crippen molar-refractivity contribution in [1.29, 1.82) is 0 Å². The maximum Gasteiger partial charge on any atom is 0.244 e. The summed E-state index contributed by atoms with van der Waals surface area (Å²) in [6.45, 7) is 4.24. The van der Waals surface area contributed by atoms with Crippen molar-refractivity contribution in [2.45, 2.75) is 19.9 Å². The minimum absolute atomic E-state index is 0.000451. The van der Waals surface area contributed by atoms with E-state index in [0.717, 1.165) is 5.76 Å². The highest BCUT2D eigenvalue weighted by Gasteiger charge is 2.03. The van der Waals surface area contributed by atoms with Gasteiger partial charge < -0.3 is 14.5 Å². The maximum atomic E-state index is 11.4. The second-order valence-electron chi connectivity index (χ2n) is 3.65. The van der Waals surface area contributed by atoms with E-state index < -0.39 is 0 Å². The van der Waals surface area contributed by atoms with Gasteiger partial charge in [0.2, 0.25) is 5.91 Å². The van der Waals surface area contributed by atoms with Gasteiger partial charge in [0.1, 0.15) is 11.5 Å². The zero-order chi connectivity index (χ0) is 12.0. The third-order valence-electron chi connectivity index (χ3n) is 1.97. The van der Waals surface area contributed by atoms with Gasteiger partial charge >= 0.3 is 0 Å². The number of hydrogen-bond acceptors (Lipinski definition) is 3. The topological polar surface area (TPSA) is 51.5 Å². The largest absolute Gasteiger partial charge is 0.462 e. The number of nitrogens with one attached hydrogen (secondary N) is 1. The predicted molar refractivity (Wildman–Crippen MR) is 62.0 cm³/mol. The lowest BCUT2D eigenvalue weighted by atomic mass is 10.3. The Labute approximate surface area is 95.3 Å². The van der Waals surface area contributed by atoms with Crippen LogP contribution in [0, 0.1) is 6.92 Å². The molecule has 0 aromatic carbocycles. The lowest BCUT2D eigenvalue weighted by molar-refractivity contribution is -0.117. The molecule has 1 atom stereocenters. The van der Waals surface area contributed by atoms with Crippen LogP contribution in [0.5, 0.6) is 0 Å². The van der Waals surface area contributed by atoms with Gasteiger partial charge in [0, 0.05) is 19.2 Å². The molecule has 0 radical (unpaired) electrons. The van der Waals surface area contributed by atoms with Gasteiger partial charge in [-0.05, 0) is 32.1 Å². The van der Waals surface area contributed by atoms with Crippen LogP contribution >= 0.6 is 0 Å². The number of rotatable bonds is 5. The summed E-state index contributed by atoms with van der Waals surface area (Å²) in [6, 6.07) is 3.67. The van der Waals surface area contributed by atoms with Crippen LogP contribution in [-0.4, -0.2) is 25.7 Å². The minimum atomic E-state index is -0.154. The van der Waals surface area contributed by atoms with Gasteiger partial charge in [-0.25, -0.2) is 0 Å². The molecule has 16 heavy (non-hydrogen) atoms. The Balaban J connectivity index is 2.42. The SMILES string of the molecule is COC[C@@H](C)NC(=O)/C=C/c1ccc(C)o1.